The van der Waals surface area contributed by atoms with Crippen molar-refractivity contribution in [2.75, 3.05) is 6.54 Å². The monoisotopic (exact) mass is 356 g/mol. The summed E-state index contributed by atoms with van der Waals surface area (Å²) in [5, 5.41) is 1.97. The molecule has 4 heterocycles. The normalized spacial score (nSPS) is 14.5. The smallest absolute Gasteiger partial charge is 0.255 e. The van der Waals surface area contributed by atoms with Crippen LogP contribution in [0.25, 0.3) is 10.7 Å². The molecule has 0 atom stereocenters. The van der Waals surface area contributed by atoms with Crippen LogP contribution in [-0.2, 0) is 19.5 Å². The van der Waals surface area contributed by atoms with Gasteiger partial charge in [-0.1, -0.05) is 6.07 Å². The lowest BCUT2D eigenvalue weighted by atomic mass is 10.1. The number of aromatic nitrogens is 3. The standard InChI is InChI=1S/C18H17FN4OS/c1-11-7-12(8-20-16(11)19)9-23-5-4-14-13(10-23)18(24)22-17(21-14)15-3-2-6-25-15/h2-3,6-8H,4-5,9-10H2,1H3,(H,21,22,24). The Morgan fingerprint density at radius 3 is 3.08 bits per heavy atom. The highest BCUT2D eigenvalue weighted by atomic mass is 32.1. The number of aromatic amines is 1. The van der Waals surface area contributed by atoms with Crippen LogP contribution in [0.2, 0.25) is 0 Å². The zero-order valence-corrected chi connectivity index (χ0v) is 14.6. The Kier molecular flexibility index (Phi) is 4.19. The lowest BCUT2D eigenvalue weighted by Gasteiger charge is -2.27. The minimum atomic E-state index is -0.436. The van der Waals surface area contributed by atoms with Gasteiger partial charge in [-0.3, -0.25) is 9.69 Å². The van der Waals surface area contributed by atoms with Crippen LogP contribution in [0, 0.1) is 12.9 Å². The molecule has 0 amide bonds. The van der Waals surface area contributed by atoms with E-state index in [4.69, 9.17) is 0 Å². The van der Waals surface area contributed by atoms with Gasteiger partial charge in [0.15, 0.2) is 5.82 Å². The van der Waals surface area contributed by atoms with Gasteiger partial charge in [-0.2, -0.15) is 4.39 Å². The molecule has 7 heteroatoms. The number of fused-ring (bicyclic) bond motifs is 1. The van der Waals surface area contributed by atoms with Crippen LogP contribution in [0.15, 0.2) is 34.6 Å². The summed E-state index contributed by atoms with van der Waals surface area (Å²) in [4.78, 5) is 26.9. The van der Waals surface area contributed by atoms with Crippen molar-refractivity contribution in [3.63, 3.8) is 0 Å². The summed E-state index contributed by atoms with van der Waals surface area (Å²) in [5.41, 5.74) is 3.00. The van der Waals surface area contributed by atoms with Crippen molar-refractivity contribution < 1.29 is 4.39 Å². The average molecular weight is 356 g/mol. The van der Waals surface area contributed by atoms with Crippen LogP contribution in [0.1, 0.15) is 22.4 Å². The van der Waals surface area contributed by atoms with E-state index in [1.807, 2.05) is 17.5 Å². The summed E-state index contributed by atoms with van der Waals surface area (Å²) < 4.78 is 13.3. The van der Waals surface area contributed by atoms with E-state index in [9.17, 15) is 9.18 Å². The van der Waals surface area contributed by atoms with E-state index >= 15 is 0 Å². The van der Waals surface area contributed by atoms with E-state index in [0.29, 0.717) is 24.5 Å². The Morgan fingerprint density at radius 1 is 1.44 bits per heavy atom. The predicted molar refractivity (Wildman–Crippen MR) is 94.9 cm³/mol. The molecule has 0 saturated carbocycles. The summed E-state index contributed by atoms with van der Waals surface area (Å²) in [6.07, 6.45) is 2.28. The average Bonchev–Trinajstić information content (AvgIpc) is 3.13. The Labute approximate surface area is 148 Å². The molecule has 0 bridgehead atoms. The first-order valence-corrected chi connectivity index (χ1v) is 8.97. The van der Waals surface area contributed by atoms with Crippen molar-refractivity contribution in [1.29, 1.82) is 0 Å². The van der Waals surface area contributed by atoms with Gasteiger partial charge in [-0.15, -0.1) is 11.3 Å². The second-order valence-electron chi connectivity index (χ2n) is 6.23. The van der Waals surface area contributed by atoms with Crippen molar-refractivity contribution in [3.8, 4) is 10.7 Å². The van der Waals surface area contributed by atoms with Gasteiger partial charge in [0.2, 0.25) is 5.95 Å². The van der Waals surface area contributed by atoms with Crippen LogP contribution in [0.4, 0.5) is 4.39 Å². The first kappa shape index (κ1) is 16.1. The fourth-order valence-corrected chi connectivity index (χ4v) is 3.78. The molecule has 0 unspecified atom stereocenters. The van der Waals surface area contributed by atoms with Crippen molar-refractivity contribution in [2.24, 2.45) is 0 Å². The molecule has 3 aromatic rings. The minimum Gasteiger partial charge on any atom is -0.306 e. The molecule has 5 nitrogen and oxygen atoms in total. The van der Waals surface area contributed by atoms with Crippen LogP contribution in [-0.4, -0.2) is 26.4 Å². The first-order valence-electron chi connectivity index (χ1n) is 8.09. The number of H-pyrrole nitrogens is 1. The summed E-state index contributed by atoms with van der Waals surface area (Å²) >= 11 is 1.56. The molecule has 1 aliphatic heterocycles. The number of nitrogens with one attached hydrogen (secondary N) is 1. The van der Waals surface area contributed by atoms with Gasteiger partial charge in [0.25, 0.3) is 5.56 Å². The van der Waals surface area contributed by atoms with Crippen LogP contribution in [0.5, 0.6) is 0 Å². The Balaban J connectivity index is 1.57. The molecule has 0 aliphatic carbocycles. The van der Waals surface area contributed by atoms with E-state index in [1.165, 1.54) is 0 Å². The Hall–Kier alpha value is -2.38. The molecule has 0 saturated heterocycles. The molecule has 4 rings (SSSR count). The van der Waals surface area contributed by atoms with E-state index < -0.39 is 5.95 Å². The molecule has 0 aromatic carbocycles. The highest BCUT2D eigenvalue weighted by Crippen LogP contribution is 2.23. The fourth-order valence-electron chi connectivity index (χ4n) is 3.11. The highest BCUT2D eigenvalue weighted by molar-refractivity contribution is 7.13. The number of rotatable bonds is 3. The van der Waals surface area contributed by atoms with Crippen LogP contribution >= 0.6 is 11.3 Å². The summed E-state index contributed by atoms with van der Waals surface area (Å²) in [6.45, 7) is 3.69. The maximum absolute atomic E-state index is 13.3. The Morgan fingerprint density at radius 2 is 2.32 bits per heavy atom. The molecule has 25 heavy (non-hydrogen) atoms. The van der Waals surface area contributed by atoms with Crippen LogP contribution < -0.4 is 5.56 Å². The van der Waals surface area contributed by atoms with Crippen molar-refractivity contribution >= 4 is 11.3 Å². The second-order valence-corrected chi connectivity index (χ2v) is 7.18. The lowest BCUT2D eigenvalue weighted by Crippen LogP contribution is -2.35. The van der Waals surface area contributed by atoms with Crippen molar-refractivity contribution in [3.05, 3.63) is 68.5 Å². The van der Waals surface area contributed by atoms with Crippen LogP contribution in [0.3, 0.4) is 0 Å². The third kappa shape index (κ3) is 3.25. The molecule has 128 valence electrons. The van der Waals surface area contributed by atoms with Gasteiger partial charge >= 0.3 is 0 Å². The fraction of sp³-hybridized carbons (Fsp3) is 0.278. The lowest BCUT2D eigenvalue weighted by molar-refractivity contribution is 0.241. The number of aryl methyl sites for hydroxylation is 1. The van der Waals surface area contributed by atoms with Gasteiger partial charge in [0, 0.05) is 37.8 Å². The zero-order valence-electron chi connectivity index (χ0n) is 13.8. The second kappa shape index (κ2) is 6.50. The van der Waals surface area contributed by atoms with Crippen molar-refractivity contribution in [2.45, 2.75) is 26.4 Å². The van der Waals surface area contributed by atoms with Gasteiger partial charge in [-0.05, 0) is 30.0 Å². The summed E-state index contributed by atoms with van der Waals surface area (Å²) in [7, 11) is 0. The molecule has 0 fully saturated rings. The zero-order chi connectivity index (χ0) is 17.4. The first-order chi connectivity index (χ1) is 12.1. The molecule has 0 radical (unpaired) electrons. The van der Waals surface area contributed by atoms with Crippen molar-refractivity contribution in [1.82, 2.24) is 19.9 Å². The quantitative estimate of drug-likeness (QED) is 0.733. The van der Waals surface area contributed by atoms with E-state index in [-0.39, 0.29) is 5.56 Å². The third-order valence-electron chi connectivity index (χ3n) is 4.38. The number of thiophene rings is 1. The Bertz CT molecular complexity index is 968. The minimum absolute atomic E-state index is 0.0773. The predicted octanol–water partition coefficient (Wildman–Crippen LogP) is 2.90. The molecule has 3 aromatic heterocycles. The highest BCUT2D eigenvalue weighted by Gasteiger charge is 2.22. The molecule has 1 N–H and O–H groups in total. The van der Waals surface area contributed by atoms with E-state index in [1.54, 1.807) is 30.5 Å². The summed E-state index contributed by atoms with van der Waals surface area (Å²) in [5.74, 6) is 0.208. The van der Waals surface area contributed by atoms with Gasteiger partial charge in [0.1, 0.15) is 0 Å². The number of hydrogen-bond acceptors (Lipinski definition) is 5. The molecule has 0 spiro atoms. The number of halogens is 1. The maximum atomic E-state index is 13.3. The third-order valence-corrected chi connectivity index (χ3v) is 5.26. The molecular weight excluding hydrogens is 339 g/mol. The molecular formula is C18H17FN4OS. The maximum Gasteiger partial charge on any atom is 0.255 e. The van der Waals surface area contributed by atoms with E-state index in [2.05, 4.69) is 19.9 Å². The SMILES string of the molecule is Cc1cc(CN2CCc3nc(-c4cccs4)[nH]c(=O)c3C2)cnc1F. The topological polar surface area (TPSA) is 61.9 Å². The van der Waals surface area contributed by atoms with E-state index in [0.717, 1.165) is 34.7 Å². The van der Waals surface area contributed by atoms with Gasteiger partial charge in [0.05, 0.1) is 16.1 Å². The number of hydrogen-bond donors (Lipinski definition) is 1. The number of nitrogens with zero attached hydrogens (tertiary/aromatic N) is 3. The van der Waals surface area contributed by atoms with Gasteiger partial charge in [-0.25, -0.2) is 9.97 Å². The van der Waals surface area contributed by atoms with Gasteiger partial charge < -0.3 is 4.98 Å². The summed E-state index contributed by atoms with van der Waals surface area (Å²) in [6, 6.07) is 5.70. The number of pyridine rings is 1. The largest absolute Gasteiger partial charge is 0.306 e. The molecule has 1 aliphatic rings.